The van der Waals surface area contributed by atoms with E-state index in [0.717, 1.165) is 12.1 Å². The van der Waals surface area contributed by atoms with Crippen LogP contribution in [0.15, 0.2) is 28.7 Å². The van der Waals surface area contributed by atoms with Gasteiger partial charge in [0.25, 0.3) is 5.89 Å². The molecule has 7 nitrogen and oxygen atoms in total. The molecule has 0 aliphatic heterocycles. The zero-order chi connectivity index (χ0) is 16.5. The van der Waals surface area contributed by atoms with Crippen LogP contribution in [0, 0.1) is 0 Å². The number of nitrogens with one attached hydrogen (secondary N) is 1. The molecule has 22 heavy (non-hydrogen) atoms. The number of aromatic nitrogens is 2. The standard InChI is InChI=1S/C11H8F3N3O4S/c1-6(18)9-15-16-10(21-9)7-3-2-4-8(5-7)17-22(19,20)11(12,13)14/h2-5,17H,1H3. The molecule has 1 aromatic carbocycles. The Hall–Kier alpha value is -2.43. The molecule has 0 amide bonds. The lowest BCUT2D eigenvalue weighted by Gasteiger charge is -2.10. The van der Waals surface area contributed by atoms with Gasteiger partial charge >= 0.3 is 15.5 Å². The highest BCUT2D eigenvalue weighted by Gasteiger charge is 2.46. The van der Waals surface area contributed by atoms with E-state index in [4.69, 9.17) is 4.42 Å². The summed E-state index contributed by atoms with van der Waals surface area (Å²) in [7, 11) is -5.53. The van der Waals surface area contributed by atoms with Gasteiger partial charge in [-0.3, -0.25) is 9.52 Å². The Bertz CT molecular complexity index is 814. The van der Waals surface area contributed by atoms with Crippen molar-refractivity contribution in [1.29, 1.82) is 0 Å². The molecule has 2 rings (SSSR count). The van der Waals surface area contributed by atoms with Crippen molar-refractivity contribution in [2.45, 2.75) is 12.4 Å². The maximum Gasteiger partial charge on any atom is 0.516 e. The second-order valence-corrected chi connectivity index (χ2v) is 5.77. The molecule has 0 fully saturated rings. The number of hydrogen-bond acceptors (Lipinski definition) is 6. The number of alkyl halides is 3. The molecule has 1 N–H and O–H groups in total. The van der Waals surface area contributed by atoms with E-state index < -0.39 is 21.3 Å². The van der Waals surface area contributed by atoms with Crippen LogP contribution in [0.4, 0.5) is 18.9 Å². The van der Waals surface area contributed by atoms with Crippen LogP contribution < -0.4 is 4.72 Å². The molecule has 1 heterocycles. The van der Waals surface area contributed by atoms with Crippen molar-refractivity contribution in [2.75, 3.05) is 4.72 Å². The Balaban J connectivity index is 2.33. The van der Waals surface area contributed by atoms with Gasteiger partial charge in [-0.15, -0.1) is 10.2 Å². The van der Waals surface area contributed by atoms with Crippen molar-refractivity contribution in [3.8, 4) is 11.5 Å². The Morgan fingerprint density at radius 3 is 2.50 bits per heavy atom. The summed E-state index contributed by atoms with van der Waals surface area (Å²) in [4.78, 5) is 11.0. The highest BCUT2D eigenvalue weighted by atomic mass is 32.2. The average molecular weight is 335 g/mol. The average Bonchev–Trinajstić information content (AvgIpc) is 2.86. The predicted molar refractivity (Wildman–Crippen MR) is 68.3 cm³/mol. The van der Waals surface area contributed by atoms with E-state index in [-0.39, 0.29) is 23.0 Å². The van der Waals surface area contributed by atoms with Gasteiger partial charge < -0.3 is 4.42 Å². The molecule has 0 aliphatic rings. The first-order valence-electron chi connectivity index (χ1n) is 5.64. The van der Waals surface area contributed by atoms with E-state index >= 15 is 0 Å². The number of nitrogens with zero attached hydrogens (tertiary/aromatic N) is 2. The fourth-order valence-corrected chi connectivity index (χ4v) is 1.96. The van der Waals surface area contributed by atoms with Crippen LogP contribution in [0.5, 0.6) is 0 Å². The molecule has 0 unspecified atom stereocenters. The quantitative estimate of drug-likeness (QED) is 0.859. The summed E-state index contributed by atoms with van der Waals surface area (Å²) in [6.45, 7) is 1.20. The van der Waals surface area contributed by atoms with Crippen molar-refractivity contribution < 1.29 is 30.8 Å². The van der Waals surface area contributed by atoms with Crippen LogP contribution in [-0.4, -0.2) is 29.9 Å². The SMILES string of the molecule is CC(=O)c1nnc(-c2cccc(NS(=O)(=O)C(F)(F)F)c2)o1. The van der Waals surface area contributed by atoms with E-state index in [1.807, 2.05) is 0 Å². The largest absolute Gasteiger partial charge is 0.516 e. The van der Waals surface area contributed by atoms with Gasteiger partial charge in [-0.1, -0.05) is 6.07 Å². The van der Waals surface area contributed by atoms with Gasteiger partial charge in [0, 0.05) is 18.2 Å². The third-order valence-corrected chi connectivity index (χ3v) is 3.51. The molecule has 1 aromatic heterocycles. The summed E-state index contributed by atoms with van der Waals surface area (Å²) in [6, 6.07) is 4.89. The van der Waals surface area contributed by atoms with Crippen LogP contribution in [-0.2, 0) is 10.0 Å². The topological polar surface area (TPSA) is 102 Å². The van der Waals surface area contributed by atoms with Crippen molar-refractivity contribution in [3.05, 3.63) is 30.2 Å². The number of carbonyl (C=O) groups is 1. The minimum absolute atomic E-state index is 0.127. The second-order valence-electron chi connectivity index (χ2n) is 4.10. The van der Waals surface area contributed by atoms with E-state index in [0.29, 0.717) is 0 Å². The fraction of sp³-hybridized carbons (Fsp3) is 0.182. The molecular weight excluding hydrogens is 327 g/mol. The summed E-state index contributed by atoms with van der Waals surface area (Å²) in [5, 5.41) is 7.01. The number of benzene rings is 1. The van der Waals surface area contributed by atoms with E-state index in [2.05, 4.69) is 10.2 Å². The summed E-state index contributed by atoms with van der Waals surface area (Å²) in [5.41, 5.74) is -5.62. The minimum Gasteiger partial charge on any atom is -0.414 e. The van der Waals surface area contributed by atoms with Gasteiger partial charge in [-0.2, -0.15) is 21.6 Å². The van der Waals surface area contributed by atoms with Crippen LogP contribution in [0.25, 0.3) is 11.5 Å². The molecule has 0 aliphatic carbocycles. The van der Waals surface area contributed by atoms with Crippen molar-refractivity contribution in [2.24, 2.45) is 0 Å². The van der Waals surface area contributed by atoms with Gasteiger partial charge in [0.05, 0.1) is 0 Å². The number of anilines is 1. The van der Waals surface area contributed by atoms with Gasteiger partial charge in [0.15, 0.2) is 0 Å². The number of Topliss-reactive ketones (excluding diaryl/α,β-unsaturated/α-hetero) is 1. The smallest absolute Gasteiger partial charge is 0.414 e. The first-order chi connectivity index (χ1) is 10.1. The molecule has 0 saturated heterocycles. The summed E-state index contributed by atoms with van der Waals surface area (Å²) >= 11 is 0. The second kappa shape index (κ2) is 5.40. The van der Waals surface area contributed by atoms with Crippen LogP contribution in [0.2, 0.25) is 0 Å². The van der Waals surface area contributed by atoms with Crippen LogP contribution in [0.3, 0.4) is 0 Å². The van der Waals surface area contributed by atoms with Crippen molar-refractivity contribution in [3.63, 3.8) is 0 Å². The Morgan fingerprint density at radius 2 is 1.95 bits per heavy atom. The lowest BCUT2D eigenvalue weighted by atomic mass is 10.2. The predicted octanol–water partition coefficient (Wildman–Crippen LogP) is 2.20. The molecule has 11 heteroatoms. The zero-order valence-electron chi connectivity index (χ0n) is 10.9. The normalized spacial score (nSPS) is 12.2. The van der Waals surface area contributed by atoms with Gasteiger partial charge in [0.1, 0.15) is 0 Å². The Morgan fingerprint density at radius 1 is 1.27 bits per heavy atom. The van der Waals surface area contributed by atoms with Gasteiger partial charge in [-0.25, -0.2) is 0 Å². The number of ketones is 1. The lowest BCUT2D eigenvalue weighted by molar-refractivity contribution is -0.0429. The first-order valence-corrected chi connectivity index (χ1v) is 7.12. The third-order valence-electron chi connectivity index (χ3n) is 2.39. The van der Waals surface area contributed by atoms with Crippen LogP contribution >= 0.6 is 0 Å². The minimum atomic E-state index is -5.53. The van der Waals surface area contributed by atoms with Crippen molar-refractivity contribution >= 4 is 21.5 Å². The van der Waals surface area contributed by atoms with Crippen LogP contribution in [0.1, 0.15) is 17.6 Å². The first kappa shape index (κ1) is 15.9. The number of halogens is 3. The fourth-order valence-electron chi connectivity index (χ4n) is 1.41. The van der Waals surface area contributed by atoms with E-state index in [1.54, 1.807) is 0 Å². The van der Waals surface area contributed by atoms with Crippen molar-refractivity contribution in [1.82, 2.24) is 10.2 Å². The highest BCUT2D eigenvalue weighted by molar-refractivity contribution is 7.93. The number of carbonyl (C=O) groups excluding carboxylic acids is 1. The molecule has 2 aromatic rings. The molecule has 0 saturated carbocycles. The Kier molecular flexibility index (Phi) is 3.92. The number of hydrogen-bond donors (Lipinski definition) is 1. The summed E-state index contributed by atoms with van der Waals surface area (Å²) < 4.78 is 65.4. The molecule has 118 valence electrons. The maximum atomic E-state index is 12.3. The highest BCUT2D eigenvalue weighted by Crippen LogP contribution is 2.27. The molecule has 0 atom stereocenters. The monoisotopic (exact) mass is 335 g/mol. The van der Waals surface area contributed by atoms with Gasteiger partial charge in [-0.05, 0) is 18.2 Å². The zero-order valence-corrected chi connectivity index (χ0v) is 11.7. The van der Waals surface area contributed by atoms with Gasteiger partial charge in [0.2, 0.25) is 11.7 Å². The molecule has 0 radical (unpaired) electrons. The molecule has 0 spiro atoms. The summed E-state index contributed by atoms with van der Waals surface area (Å²) in [6.07, 6.45) is 0. The number of sulfonamides is 1. The summed E-state index contributed by atoms with van der Waals surface area (Å²) in [5.74, 6) is -0.873. The third kappa shape index (κ3) is 3.24. The maximum absolute atomic E-state index is 12.3. The Labute approximate surface area is 122 Å². The molecule has 0 bridgehead atoms. The molecular formula is C11H8F3N3O4S. The number of rotatable bonds is 4. The van der Waals surface area contributed by atoms with E-state index in [9.17, 15) is 26.4 Å². The lowest BCUT2D eigenvalue weighted by Crippen LogP contribution is -2.29. The van der Waals surface area contributed by atoms with E-state index in [1.165, 1.54) is 23.8 Å².